The third-order valence-corrected chi connectivity index (χ3v) is 5.35. The summed E-state index contributed by atoms with van der Waals surface area (Å²) < 4.78 is 5.39. The van der Waals surface area contributed by atoms with Crippen LogP contribution in [0.1, 0.15) is 92.7 Å². The van der Waals surface area contributed by atoms with Crippen molar-refractivity contribution in [3.63, 3.8) is 0 Å². The normalized spacial score (nSPS) is 14.1. The average molecular weight is 492 g/mol. The Balaban J connectivity index is 3.44. The molecular weight excluding hydrogens is 446 g/mol. The van der Waals surface area contributed by atoms with E-state index < -0.39 is 29.7 Å². The van der Waals surface area contributed by atoms with Gasteiger partial charge in [0.1, 0.15) is 23.4 Å². The van der Waals surface area contributed by atoms with E-state index in [9.17, 15) is 19.5 Å². The van der Waals surface area contributed by atoms with Gasteiger partial charge in [-0.3, -0.25) is 9.59 Å². The van der Waals surface area contributed by atoms with Gasteiger partial charge in [-0.15, -0.1) is 0 Å². The second-order valence-electron chi connectivity index (χ2n) is 10.5. The van der Waals surface area contributed by atoms with E-state index in [-0.39, 0.29) is 30.2 Å². The molecule has 0 fully saturated rings. The Morgan fingerprint density at radius 2 is 1.66 bits per heavy atom. The van der Waals surface area contributed by atoms with Crippen LogP contribution in [-0.4, -0.2) is 52.1 Å². The fourth-order valence-corrected chi connectivity index (χ4v) is 3.95. The molecule has 0 aliphatic rings. The second-order valence-corrected chi connectivity index (χ2v) is 10.5. The third kappa shape index (κ3) is 10.2. The molecule has 8 nitrogen and oxygen atoms in total. The topological polar surface area (TPSA) is 108 Å². The molecule has 0 aliphatic heterocycles. The Kier molecular flexibility index (Phi) is 12.1. The molecule has 0 bridgehead atoms. The first kappa shape index (κ1) is 30.3. The predicted octanol–water partition coefficient (Wildman–Crippen LogP) is 4.92. The van der Waals surface area contributed by atoms with Gasteiger partial charge in [-0.2, -0.15) is 0 Å². The van der Waals surface area contributed by atoms with Crippen molar-refractivity contribution < 1.29 is 24.2 Å². The molecule has 3 amide bonds. The number of amides is 3. The lowest BCUT2D eigenvalue weighted by Crippen LogP contribution is -2.54. The fraction of sp³-hybridized carbons (Fsp3) is 0.667. The molecule has 3 N–H and O–H groups in total. The van der Waals surface area contributed by atoms with Gasteiger partial charge in [0.2, 0.25) is 11.8 Å². The summed E-state index contributed by atoms with van der Waals surface area (Å²) in [7, 11) is 0. The van der Waals surface area contributed by atoms with Crippen molar-refractivity contribution in [1.29, 1.82) is 0 Å². The van der Waals surface area contributed by atoms with E-state index in [1.54, 1.807) is 39.0 Å². The first-order valence-corrected chi connectivity index (χ1v) is 12.7. The summed E-state index contributed by atoms with van der Waals surface area (Å²) in [5, 5.41) is 16.3. The van der Waals surface area contributed by atoms with Gasteiger partial charge >= 0.3 is 6.09 Å². The molecule has 0 saturated carbocycles. The number of hydrogen-bond acceptors (Lipinski definition) is 5. The van der Waals surface area contributed by atoms with Crippen LogP contribution in [0.5, 0.6) is 5.75 Å². The van der Waals surface area contributed by atoms with Crippen molar-refractivity contribution in [2.45, 2.75) is 105 Å². The largest absolute Gasteiger partial charge is 0.508 e. The number of ether oxygens (including phenoxy) is 1. The molecular formula is C27H45N3O5. The van der Waals surface area contributed by atoms with Crippen LogP contribution in [0.2, 0.25) is 0 Å². The van der Waals surface area contributed by atoms with E-state index in [1.165, 1.54) is 11.0 Å². The molecule has 1 aromatic carbocycles. The first-order valence-electron chi connectivity index (χ1n) is 12.7. The molecule has 0 aliphatic carbocycles. The highest BCUT2D eigenvalue weighted by Gasteiger charge is 2.37. The number of rotatable bonds is 12. The number of alkyl carbamates (subject to hydrolysis) is 1. The highest BCUT2D eigenvalue weighted by Crippen LogP contribution is 2.30. The zero-order valence-electron chi connectivity index (χ0n) is 22.7. The number of phenolic OH excluding ortho intramolecular Hbond substituents is 1. The maximum Gasteiger partial charge on any atom is 0.408 e. The molecule has 0 spiro atoms. The Hall–Kier alpha value is -2.77. The minimum atomic E-state index is -1.04. The van der Waals surface area contributed by atoms with Gasteiger partial charge in [0.05, 0.1) is 0 Å². The average Bonchev–Trinajstić information content (AvgIpc) is 2.72. The van der Waals surface area contributed by atoms with Crippen LogP contribution in [0, 0.1) is 5.92 Å². The number of hydrogen-bond donors (Lipinski definition) is 3. The lowest BCUT2D eigenvalue weighted by atomic mass is 9.98. The molecule has 0 radical (unpaired) electrons. The van der Waals surface area contributed by atoms with Crippen molar-refractivity contribution in [1.82, 2.24) is 15.5 Å². The molecule has 0 aromatic heterocycles. The van der Waals surface area contributed by atoms with Gasteiger partial charge < -0.3 is 25.4 Å². The standard InChI is InChI=1S/C27H45N3O5/c1-9-13-19(5)28-24(32)23(20-14-11-12-15-22(20)31)30(16-10-2)25(33)21(17-18(3)4)29-26(34)35-27(6,7)8/h11-12,14-15,18-19,21,23,31H,9-10,13,16-17H2,1-8H3,(H,28,32)(H,29,34). The van der Waals surface area contributed by atoms with E-state index >= 15 is 0 Å². The zero-order chi connectivity index (χ0) is 26.8. The summed E-state index contributed by atoms with van der Waals surface area (Å²) in [5.74, 6) is -0.720. The predicted molar refractivity (Wildman–Crippen MR) is 138 cm³/mol. The molecule has 0 heterocycles. The monoisotopic (exact) mass is 491 g/mol. The van der Waals surface area contributed by atoms with Crippen LogP contribution in [0.3, 0.4) is 0 Å². The van der Waals surface area contributed by atoms with Gasteiger partial charge in [-0.25, -0.2) is 4.79 Å². The lowest BCUT2D eigenvalue weighted by molar-refractivity contribution is -0.143. The van der Waals surface area contributed by atoms with Crippen molar-refractivity contribution in [2.75, 3.05) is 6.54 Å². The zero-order valence-corrected chi connectivity index (χ0v) is 22.7. The molecule has 3 atom stereocenters. The van der Waals surface area contributed by atoms with Crippen molar-refractivity contribution in [2.24, 2.45) is 5.92 Å². The molecule has 3 unspecified atom stereocenters. The van der Waals surface area contributed by atoms with Crippen LogP contribution in [0.25, 0.3) is 0 Å². The minimum absolute atomic E-state index is 0.0646. The first-order chi connectivity index (χ1) is 16.3. The number of nitrogens with zero attached hydrogens (tertiary/aromatic N) is 1. The number of para-hydroxylation sites is 1. The number of benzene rings is 1. The Bertz CT molecular complexity index is 834. The minimum Gasteiger partial charge on any atom is -0.508 e. The lowest BCUT2D eigenvalue weighted by Gasteiger charge is -2.35. The van der Waals surface area contributed by atoms with Crippen LogP contribution < -0.4 is 10.6 Å². The summed E-state index contributed by atoms with van der Waals surface area (Å²) in [6.07, 6.45) is 1.97. The Morgan fingerprint density at radius 1 is 1.03 bits per heavy atom. The van der Waals surface area contributed by atoms with Gasteiger partial charge in [0.25, 0.3) is 0 Å². The third-order valence-electron chi connectivity index (χ3n) is 5.35. The molecule has 8 heteroatoms. The Morgan fingerprint density at radius 3 is 2.17 bits per heavy atom. The number of carbonyl (C=O) groups excluding carboxylic acids is 3. The van der Waals surface area contributed by atoms with Gasteiger partial charge in [-0.05, 0) is 58.9 Å². The van der Waals surface area contributed by atoms with Crippen molar-refractivity contribution in [3.8, 4) is 5.75 Å². The van der Waals surface area contributed by atoms with Gasteiger partial charge in [0, 0.05) is 18.2 Å². The summed E-state index contributed by atoms with van der Waals surface area (Å²) >= 11 is 0. The van der Waals surface area contributed by atoms with E-state index in [4.69, 9.17) is 4.74 Å². The highest BCUT2D eigenvalue weighted by molar-refractivity contribution is 5.92. The van der Waals surface area contributed by atoms with Crippen LogP contribution in [0.15, 0.2) is 24.3 Å². The number of aromatic hydroxyl groups is 1. The number of nitrogens with one attached hydrogen (secondary N) is 2. The maximum absolute atomic E-state index is 13.9. The van der Waals surface area contributed by atoms with E-state index in [2.05, 4.69) is 10.6 Å². The van der Waals surface area contributed by atoms with Crippen LogP contribution >= 0.6 is 0 Å². The second kappa shape index (κ2) is 14.0. The summed E-state index contributed by atoms with van der Waals surface area (Å²) in [5.41, 5.74) is -0.372. The van der Waals surface area contributed by atoms with Gasteiger partial charge in [-0.1, -0.05) is 52.3 Å². The molecule has 35 heavy (non-hydrogen) atoms. The maximum atomic E-state index is 13.9. The number of phenols is 1. The molecule has 0 saturated heterocycles. The van der Waals surface area contributed by atoms with E-state index in [1.807, 2.05) is 34.6 Å². The summed E-state index contributed by atoms with van der Waals surface area (Å²) in [6.45, 7) is 15.3. The highest BCUT2D eigenvalue weighted by atomic mass is 16.6. The quantitative estimate of drug-likeness (QED) is 0.385. The molecule has 1 rings (SSSR count). The van der Waals surface area contributed by atoms with Crippen LogP contribution in [-0.2, 0) is 14.3 Å². The van der Waals surface area contributed by atoms with Crippen molar-refractivity contribution in [3.05, 3.63) is 29.8 Å². The molecule has 1 aromatic rings. The Labute approximate surface area is 210 Å². The van der Waals surface area contributed by atoms with E-state index in [0.717, 1.165) is 12.8 Å². The number of carbonyl (C=O) groups is 3. The van der Waals surface area contributed by atoms with Crippen LogP contribution in [0.4, 0.5) is 4.79 Å². The smallest absolute Gasteiger partial charge is 0.408 e. The summed E-state index contributed by atoms with van der Waals surface area (Å²) in [4.78, 5) is 41.5. The summed E-state index contributed by atoms with van der Waals surface area (Å²) in [6, 6.07) is 4.53. The SMILES string of the molecule is CCCC(C)NC(=O)C(c1ccccc1O)N(CCC)C(=O)C(CC(C)C)NC(=O)OC(C)(C)C. The molecule has 198 valence electrons. The van der Waals surface area contributed by atoms with Gasteiger partial charge in [0.15, 0.2) is 0 Å². The van der Waals surface area contributed by atoms with Crippen molar-refractivity contribution >= 4 is 17.9 Å². The van der Waals surface area contributed by atoms with E-state index in [0.29, 0.717) is 18.4 Å². The fourth-order valence-electron chi connectivity index (χ4n) is 3.95.